The molecule has 1 saturated heterocycles. The van der Waals surface area contributed by atoms with E-state index in [9.17, 15) is 8.42 Å². The predicted molar refractivity (Wildman–Crippen MR) is 80.3 cm³/mol. The van der Waals surface area contributed by atoms with Crippen LogP contribution in [-0.2, 0) is 16.6 Å². The van der Waals surface area contributed by atoms with Crippen molar-refractivity contribution in [2.24, 2.45) is 0 Å². The zero-order valence-electron chi connectivity index (χ0n) is 11.8. The molecule has 0 radical (unpaired) electrons. The van der Waals surface area contributed by atoms with Gasteiger partial charge in [-0.3, -0.25) is 4.90 Å². The highest BCUT2D eigenvalue weighted by molar-refractivity contribution is 7.90. The van der Waals surface area contributed by atoms with Gasteiger partial charge in [0.2, 0.25) is 10.0 Å². The van der Waals surface area contributed by atoms with Gasteiger partial charge in [0.05, 0.1) is 16.0 Å². The van der Waals surface area contributed by atoms with Crippen molar-refractivity contribution in [3.05, 3.63) is 16.1 Å². The molecule has 7 heteroatoms. The van der Waals surface area contributed by atoms with E-state index in [1.54, 1.807) is 15.6 Å². The van der Waals surface area contributed by atoms with E-state index < -0.39 is 10.0 Å². The van der Waals surface area contributed by atoms with Crippen molar-refractivity contribution < 1.29 is 8.42 Å². The van der Waals surface area contributed by atoms with Crippen molar-refractivity contribution >= 4 is 21.4 Å². The monoisotopic (exact) mass is 315 g/mol. The van der Waals surface area contributed by atoms with Gasteiger partial charge in [-0.2, -0.15) is 0 Å². The predicted octanol–water partition coefficient (Wildman–Crippen LogP) is 1.45. The molecule has 1 saturated carbocycles. The Hall–Kier alpha value is -0.500. The van der Waals surface area contributed by atoms with Crippen LogP contribution < -0.4 is 0 Å². The molecule has 20 heavy (non-hydrogen) atoms. The van der Waals surface area contributed by atoms with Gasteiger partial charge in [-0.25, -0.2) is 17.7 Å². The molecule has 112 valence electrons. The van der Waals surface area contributed by atoms with Crippen LogP contribution in [0.2, 0.25) is 0 Å². The van der Waals surface area contributed by atoms with Gasteiger partial charge in [0.25, 0.3) is 0 Å². The first kappa shape index (κ1) is 14.4. The molecule has 2 heterocycles. The first-order valence-electron chi connectivity index (χ1n) is 7.18. The lowest BCUT2D eigenvalue weighted by molar-refractivity contribution is 0.276. The Morgan fingerprint density at radius 3 is 2.75 bits per heavy atom. The lowest BCUT2D eigenvalue weighted by Crippen LogP contribution is -2.37. The molecule has 1 aliphatic heterocycles. The molecule has 1 aromatic heterocycles. The van der Waals surface area contributed by atoms with Crippen LogP contribution in [-0.4, -0.2) is 54.0 Å². The van der Waals surface area contributed by atoms with Crippen molar-refractivity contribution in [1.29, 1.82) is 0 Å². The van der Waals surface area contributed by atoms with Crippen molar-refractivity contribution in [2.45, 2.75) is 38.0 Å². The van der Waals surface area contributed by atoms with E-state index in [4.69, 9.17) is 0 Å². The van der Waals surface area contributed by atoms with E-state index in [0.717, 1.165) is 49.6 Å². The molecule has 0 atom stereocenters. The molecular formula is C13H21N3O2S2. The second-order valence-electron chi connectivity index (χ2n) is 5.63. The number of sulfonamides is 1. The Morgan fingerprint density at radius 2 is 2.10 bits per heavy atom. The lowest BCUT2D eigenvalue weighted by Gasteiger charge is -2.21. The van der Waals surface area contributed by atoms with E-state index in [1.165, 1.54) is 0 Å². The van der Waals surface area contributed by atoms with Crippen LogP contribution in [0.1, 0.15) is 30.0 Å². The van der Waals surface area contributed by atoms with Crippen LogP contribution in [0.5, 0.6) is 0 Å². The summed E-state index contributed by atoms with van der Waals surface area (Å²) in [6, 6.07) is 0. The summed E-state index contributed by atoms with van der Waals surface area (Å²) in [5.74, 6) is 0. The highest BCUT2D eigenvalue weighted by Gasteiger charge is 2.40. The quantitative estimate of drug-likeness (QED) is 0.844. The topological polar surface area (TPSA) is 53.5 Å². The highest BCUT2D eigenvalue weighted by atomic mass is 32.2. The van der Waals surface area contributed by atoms with Crippen molar-refractivity contribution in [3.8, 4) is 0 Å². The maximum Gasteiger partial charge on any atom is 0.217 e. The van der Waals surface area contributed by atoms with Crippen LogP contribution in [0.25, 0.3) is 0 Å². The van der Waals surface area contributed by atoms with Crippen LogP contribution in [0.4, 0.5) is 0 Å². The largest absolute Gasteiger partial charge is 0.296 e. The summed E-state index contributed by atoms with van der Waals surface area (Å²) in [7, 11) is -3.01. The van der Waals surface area contributed by atoms with Crippen molar-refractivity contribution in [1.82, 2.24) is 14.2 Å². The summed E-state index contributed by atoms with van der Waals surface area (Å²) in [4.78, 5) is 6.80. The number of nitrogens with zero attached hydrogens (tertiary/aromatic N) is 3. The number of hydrogen-bond donors (Lipinski definition) is 0. The number of hydrogen-bond acceptors (Lipinski definition) is 5. The molecular weight excluding hydrogens is 294 g/mol. The van der Waals surface area contributed by atoms with Crippen LogP contribution in [0, 0.1) is 6.92 Å². The molecule has 3 rings (SSSR count). The van der Waals surface area contributed by atoms with Gasteiger partial charge in [0.15, 0.2) is 0 Å². The van der Waals surface area contributed by atoms with E-state index in [2.05, 4.69) is 15.3 Å². The summed E-state index contributed by atoms with van der Waals surface area (Å²) >= 11 is 1.67. The molecule has 1 aromatic rings. The fraction of sp³-hybridized carbons (Fsp3) is 0.769. The second kappa shape index (κ2) is 5.71. The second-order valence-corrected chi connectivity index (χ2v) is 8.91. The lowest BCUT2D eigenvalue weighted by atomic mass is 10.3. The summed E-state index contributed by atoms with van der Waals surface area (Å²) in [6.07, 6.45) is 2.61. The molecule has 0 unspecified atom stereocenters. The molecule has 2 aliphatic rings. The Labute approximate surface area is 124 Å². The smallest absolute Gasteiger partial charge is 0.217 e. The maximum atomic E-state index is 12.3. The van der Waals surface area contributed by atoms with Gasteiger partial charge < -0.3 is 0 Å². The molecule has 0 aromatic carbocycles. The van der Waals surface area contributed by atoms with E-state index in [0.29, 0.717) is 13.1 Å². The highest BCUT2D eigenvalue weighted by Crippen LogP contribution is 2.31. The molecule has 0 amide bonds. The Kier molecular flexibility index (Phi) is 4.12. The molecule has 0 N–H and O–H groups in total. The van der Waals surface area contributed by atoms with Gasteiger partial charge in [-0.05, 0) is 32.7 Å². The normalized spacial score (nSPS) is 22.9. The first-order valence-corrected chi connectivity index (χ1v) is 9.56. The molecule has 0 spiro atoms. The van der Waals surface area contributed by atoms with Gasteiger partial charge in [0.1, 0.15) is 0 Å². The number of aryl methyl sites for hydroxylation is 1. The molecule has 5 nitrogen and oxygen atoms in total. The van der Waals surface area contributed by atoms with Crippen LogP contribution in [0.15, 0.2) is 5.38 Å². The van der Waals surface area contributed by atoms with Crippen LogP contribution >= 0.6 is 11.3 Å². The Balaban J connectivity index is 1.59. The van der Waals surface area contributed by atoms with E-state index in [-0.39, 0.29) is 5.25 Å². The fourth-order valence-electron chi connectivity index (χ4n) is 2.65. The van der Waals surface area contributed by atoms with Crippen LogP contribution in [0.3, 0.4) is 0 Å². The fourth-order valence-corrected chi connectivity index (χ4v) is 5.12. The first-order chi connectivity index (χ1) is 9.55. The average molecular weight is 315 g/mol. The maximum absolute atomic E-state index is 12.3. The van der Waals surface area contributed by atoms with Crippen molar-refractivity contribution in [2.75, 3.05) is 26.2 Å². The Bertz CT molecular complexity index is 566. The van der Waals surface area contributed by atoms with E-state index in [1.807, 2.05) is 6.92 Å². The third kappa shape index (κ3) is 3.21. The average Bonchev–Trinajstić information content (AvgIpc) is 3.19. The minimum Gasteiger partial charge on any atom is -0.296 e. The summed E-state index contributed by atoms with van der Waals surface area (Å²) in [6.45, 7) is 5.91. The minimum absolute atomic E-state index is 0.0877. The minimum atomic E-state index is -3.01. The number of rotatable bonds is 4. The van der Waals surface area contributed by atoms with Crippen molar-refractivity contribution in [3.63, 3.8) is 0 Å². The third-order valence-electron chi connectivity index (χ3n) is 3.91. The number of thiazole rings is 1. The van der Waals surface area contributed by atoms with Gasteiger partial charge in [-0.1, -0.05) is 0 Å². The molecule has 1 aliphatic carbocycles. The zero-order chi connectivity index (χ0) is 14.2. The van der Waals surface area contributed by atoms with Gasteiger partial charge in [-0.15, -0.1) is 11.3 Å². The van der Waals surface area contributed by atoms with Gasteiger partial charge in [0, 0.05) is 31.6 Å². The zero-order valence-corrected chi connectivity index (χ0v) is 13.4. The van der Waals surface area contributed by atoms with E-state index >= 15 is 0 Å². The molecule has 0 bridgehead atoms. The third-order valence-corrected chi connectivity index (χ3v) is 7.13. The standard InChI is InChI=1S/C13H21N3O2S2/c1-11-14-12(10-19-11)9-15-5-2-6-16(8-7-15)20(17,18)13-3-4-13/h10,13H,2-9H2,1H3. The van der Waals surface area contributed by atoms with Gasteiger partial charge >= 0.3 is 0 Å². The summed E-state index contributed by atoms with van der Waals surface area (Å²) < 4.78 is 26.2. The SMILES string of the molecule is Cc1nc(CN2CCCN(S(=O)(=O)C3CC3)CC2)cs1. The Morgan fingerprint density at radius 1 is 1.30 bits per heavy atom. The number of aromatic nitrogens is 1. The summed E-state index contributed by atoms with van der Waals surface area (Å²) in [5.41, 5.74) is 1.10. The molecule has 2 fully saturated rings. The summed E-state index contributed by atoms with van der Waals surface area (Å²) in [5, 5.41) is 3.10.